The van der Waals surface area contributed by atoms with Crippen molar-refractivity contribution in [2.24, 2.45) is 4.99 Å². The molecule has 2 N–H and O–H groups in total. The smallest absolute Gasteiger partial charge is 0.266 e. The van der Waals surface area contributed by atoms with Crippen molar-refractivity contribution in [2.75, 3.05) is 13.1 Å². The Morgan fingerprint density at radius 3 is 2.88 bits per heavy atom. The van der Waals surface area contributed by atoms with Crippen LogP contribution in [-0.4, -0.2) is 28.9 Å². The first-order valence-electron chi connectivity index (χ1n) is 7.43. The Labute approximate surface area is 146 Å². The fraction of sp³-hybridized carbons (Fsp3) is 0.118. The molecule has 0 amide bonds. The van der Waals surface area contributed by atoms with Gasteiger partial charge in [0.25, 0.3) is 5.56 Å². The van der Waals surface area contributed by atoms with E-state index in [0.717, 1.165) is 55.7 Å². The molecule has 0 unspecified atom stereocenters. The van der Waals surface area contributed by atoms with Crippen LogP contribution in [0.15, 0.2) is 46.3 Å². The standard InChI is InChI=1S/C17H12N4OS.ClH/c22-17-15-14(9-3-1-2-4-13(9)23-15)10-7-11(16-18-5-6-19-16)20-8-12(10)21-17;/h1-4,7-8H,5-6H2,(H,18,19)(H,21,22);1H. The molecule has 0 fully saturated rings. The SMILES string of the molecule is Cl.O=c1[nH]c2cnc(C3=NCCN3)cc2c2c1sc1ccccc12. The zero-order valence-corrected chi connectivity index (χ0v) is 14.1. The minimum absolute atomic E-state index is 0. The molecule has 3 aromatic heterocycles. The fourth-order valence-electron chi connectivity index (χ4n) is 3.11. The van der Waals surface area contributed by atoms with E-state index in [1.807, 2.05) is 18.2 Å². The highest BCUT2D eigenvalue weighted by molar-refractivity contribution is 7.26. The first-order chi connectivity index (χ1) is 11.3. The van der Waals surface area contributed by atoms with Gasteiger partial charge in [0.05, 0.1) is 18.3 Å². The van der Waals surface area contributed by atoms with E-state index < -0.39 is 0 Å². The molecule has 0 atom stereocenters. The number of nitrogens with one attached hydrogen (secondary N) is 2. The summed E-state index contributed by atoms with van der Waals surface area (Å²) in [4.78, 5) is 24.2. The third-order valence-corrected chi connectivity index (χ3v) is 5.31. The van der Waals surface area contributed by atoms with Crippen LogP contribution in [0, 0.1) is 0 Å². The Kier molecular flexibility index (Phi) is 3.51. The molecule has 24 heavy (non-hydrogen) atoms. The number of pyridine rings is 2. The van der Waals surface area contributed by atoms with Crippen molar-refractivity contribution < 1.29 is 0 Å². The lowest BCUT2D eigenvalue weighted by Gasteiger charge is -2.05. The molecule has 4 heterocycles. The van der Waals surface area contributed by atoms with E-state index in [4.69, 9.17) is 0 Å². The number of fused-ring (bicyclic) bond motifs is 5. The average molecular weight is 357 g/mol. The van der Waals surface area contributed by atoms with E-state index in [-0.39, 0.29) is 18.0 Å². The van der Waals surface area contributed by atoms with Gasteiger partial charge in [-0.25, -0.2) is 0 Å². The van der Waals surface area contributed by atoms with Gasteiger partial charge >= 0.3 is 0 Å². The fourth-order valence-corrected chi connectivity index (χ4v) is 4.22. The Balaban J connectivity index is 0.00000146. The third-order valence-electron chi connectivity index (χ3n) is 4.14. The van der Waals surface area contributed by atoms with Crippen LogP contribution in [0.3, 0.4) is 0 Å². The maximum absolute atomic E-state index is 12.4. The summed E-state index contributed by atoms with van der Waals surface area (Å²) >= 11 is 1.53. The zero-order valence-electron chi connectivity index (χ0n) is 12.5. The van der Waals surface area contributed by atoms with Crippen LogP contribution in [0.25, 0.3) is 31.1 Å². The van der Waals surface area contributed by atoms with Crippen LogP contribution in [-0.2, 0) is 0 Å². The largest absolute Gasteiger partial charge is 0.367 e. The van der Waals surface area contributed by atoms with Crippen LogP contribution < -0.4 is 10.9 Å². The van der Waals surface area contributed by atoms with Crippen LogP contribution in [0.1, 0.15) is 5.69 Å². The van der Waals surface area contributed by atoms with Crippen LogP contribution >= 0.6 is 23.7 Å². The Bertz CT molecular complexity index is 1180. The number of aliphatic imine (C=N–C) groups is 1. The molecule has 0 saturated heterocycles. The van der Waals surface area contributed by atoms with Gasteiger partial charge in [-0.15, -0.1) is 23.7 Å². The molecular weight excluding hydrogens is 344 g/mol. The van der Waals surface area contributed by atoms with Gasteiger partial charge in [0.2, 0.25) is 0 Å². The van der Waals surface area contributed by atoms with Crippen LogP contribution in [0.2, 0.25) is 0 Å². The number of amidine groups is 1. The minimum atomic E-state index is -0.0559. The van der Waals surface area contributed by atoms with Gasteiger partial charge in [0.1, 0.15) is 16.2 Å². The number of aromatic nitrogens is 2. The zero-order chi connectivity index (χ0) is 15.4. The number of hydrogen-bond acceptors (Lipinski definition) is 5. The van der Waals surface area contributed by atoms with Crippen molar-refractivity contribution in [1.82, 2.24) is 15.3 Å². The van der Waals surface area contributed by atoms with Gasteiger partial charge in [0, 0.05) is 27.4 Å². The quantitative estimate of drug-likeness (QED) is 0.550. The van der Waals surface area contributed by atoms with E-state index >= 15 is 0 Å². The average Bonchev–Trinajstić information content (AvgIpc) is 3.23. The molecular formula is C17H13ClN4OS. The molecule has 0 aliphatic carbocycles. The third kappa shape index (κ3) is 2.11. The maximum atomic E-state index is 12.4. The van der Waals surface area contributed by atoms with E-state index in [1.54, 1.807) is 6.20 Å². The van der Waals surface area contributed by atoms with Gasteiger partial charge in [0.15, 0.2) is 0 Å². The second-order valence-electron chi connectivity index (χ2n) is 5.53. The predicted molar refractivity (Wildman–Crippen MR) is 102 cm³/mol. The van der Waals surface area contributed by atoms with Gasteiger partial charge in [-0.05, 0) is 12.1 Å². The number of H-pyrrole nitrogens is 1. The van der Waals surface area contributed by atoms with Gasteiger partial charge < -0.3 is 10.3 Å². The van der Waals surface area contributed by atoms with Crippen LogP contribution in [0.5, 0.6) is 0 Å². The number of halogens is 1. The monoisotopic (exact) mass is 356 g/mol. The highest BCUT2D eigenvalue weighted by Gasteiger charge is 2.15. The topological polar surface area (TPSA) is 70.1 Å². The van der Waals surface area contributed by atoms with E-state index in [0.29, 0.717) is 0 Å². The van der Waals surface area contributed by atoms with Gasteiger partial charge in [-0.3, -0.25) is 14.8 Å². The molecule has 1 aliphatic rings. The number of aromatic amines is 1. The summed E-state index contributed by atoms with van der Waals surface area (Å²) in [7, 11) is 0. The summed E-state index contributed by atoms with van der Waals surface area (Å²) < 4.78 is 1.88. The van der Waals surface area contributed by atoms with Crippen molar-refractivity contribution in [3.8, 4) is 0 Å². The normalized spacial score (nSPS) is 13.9. The summed E-state index contributed by atoms with van der Waals surface area (Å²) in [5.74, 6) is 0.825. The number of thiophene rings is 1. The molecule has 0 spiro atoms. The van der Waals surface area contributed by atoms with Crippen LogP contribution in [0.4, 0.5) is 0 Å². The van der Waals surface area contributed by atoms with Gasteiger partial charge in [-0.1, -0.05) is 18.2 Å². The molecule has 0 bridgehead atoms. The number of nitrogens with zero attached hydrogens (tertiary/aromatic N) is 2. The molecule has 1 aromatic carbocycles. The lowest BCUT2D eigenvalue weighted by atomic mass is 10.1. The minimum Gasteiger partial charge on any atom is -0.367 e. The van der Waals surface area contributed by atoms with Crippen molar-refractivity contribution in [1.29, 1.82) is 0 Å². The number of benzene rings is 1. The second-order valence-corrected chi connectivity index (χ2v) is 6.58. The highest BCUT2D eigenvalue weighted by Crippen LogP contribution is 2.35. The molecule has 1 aliphatic heterocycles. The first-order valence-corrected chi connectivity index (χ1v) is 8.25. The molecule has 4 aromatic rings. The predicted octanol–water partition coefficient (Wildman–Crippen LogP) is 3.06. The van der Waals surface area contributed by atoms with Crippen molar-refractivity contribution in [3.05, 3.63) is 52.6 Å². The highest BCUT2D eigenvalue weighted by atomic mass is 35.5. The van der Waals surface area contributed by atoms with E-state index in [9.17, 15) is 4.79 Å². The van der Waals surface area contributed by atoms with Crippen molar-refractivity contribution >= 4 is 60.7 Å². The Hall–Kier alpha value is -2.44. The molecule has 5 nitrogen and oxygen atoms in total. The maximum Gasteiger partial charge on any atom is 0.266 e. The van der Waals surface area contributed by atoms with Gasteiger partial charge in [-0.2, -0.15) is 0 Å². The molecule has 0 saturated carbocycles. The Morgan fingerprint density at radius 1 is 1.17 bits per heavy atom. The van der Waals surface area contributed by atoms with Crippen molar-refractivity contribution in [3.63, 3.8) is 0 Å². The lowest BCUT2D eigenvalue weighted by molar-refractivity contribution is 0.958. The van der Waals surface area contributed by atoms with E-state index in [2.05, 4.69) is 32.4 Å². The van der Waals surface area contributed by atoms with Crippen molar-refractivity contribution in [2.45, 2.75) is 0 Å². The summed E-state index contributed by atoms with van der Waals surface area (Å²) in [6.07, 6.45) is 1.72. The molecule has 7 heteroatoms. The molecule has 5 rings (SSSR count). The van der Waals surface area contributed by atoms with E-state index in [1.165, 1.54) is 11.3 Å². The summed E-state index contributed by atoms with van der Waals surface area (Å²) in [5, 5.41) is 6.38. The summed E-state index contributed by atoms with van der Waals surface area (Å²) in [6.45, 7) is 1.62. The molecule has 0 radical (unpaired) electrons. The number of rotatable bonds is 1. The summed E-state index contributed by atoms with van der Waals surface area (Å²) in [5.41, 5.74) is 1.52. The Morgan fingerprint density at radius 2 is 2.04 bits per heavy atom. The molecule has 120 valence electrons. The lowest BCUT2D eigenvalue weighted by Crippen LogP contribution is -2.20. The number of hydrogen-bond donors (Lipinski definition) is 2. The second kappa shape index (κ2) is 5.58. The first kappa shape index (κ1) is 15.1. The summed E-state index contributed by atoms with van der Waals surface area (Å²) in [6, 6.07) is 10.1.